The molecule has 4 rings (SSSR count). The fourth-order valence-corrected chi connectivity index (χ4v) is 2.49. The van der Waals surface area contributed by atoms with Crippen LogP contribution in [0.4, 0.5) is 0 Å². The fraction of sp³-hybridized carbons (Fsp3) is 0.118. The van der Waals surface area contributed by atoms with Gasteiger partial charge in [-0.1, -0.05) is 18.2 Å². The molecule has 104 valence electrons. The smallest absolute Gasteiger partial charge is 0.231 e. The van der Waals surface area contributed by atoms with Crippen LogP contribution in [0.1, 0.15) is 15.9 Å². The molecule has 4 heteroatoms. The number of hydrogen-bond donors (Lipinski definition) is 0. The lowest BCUT2D eigenvalue weighted by atomic mass is 9.98. The van der Waals surface area contributed by atoms with Crippen LogP contribution in [0.3, 0.4) is 0 Å². The lowest BCUT2D eigenvalue weighted by molar-refractivity contribution is 0.100. The Balaban J connectivity index is 1.69. The lowest BCUT2D eigenvalue weighted by Gasteiger charge is -2.18. The molecule has 0 fully saturated rings. The van der Waals surface area contributed by atoms with E-state index in [2.05, 4.69) is 0 Å². The number of rotatable bonds is 1. The summed E-state index contributed by atoms with van der Waals surface area (Å²) in [5, 5.41) is 0. The van der Waals surface area contributed by atoms with Gasteiger partial charge in [0, 0.05) is 5.57 Å². The van der Waals surface area contributed by atoms with Gasteiger partial charge in [0.05, 0.1) is 5.56 Å². The highest BCUT2D eigenvalue weighted by Gasteiger charge is 2.23. The first-order valence-electron chi connectivity index (χ1n) is 6.68. The third-order valence-corrected chi connectivity index (χ3v) is 3.54. The number of para-hydroxylation sites is 1. The van der Waals surface area contributed by atoms with Crippen LogP contribution in [0.5, 0.6) is 17.2 Å². The highest BCUT2D eigenvalue weighted by atomic mass is 16.7. The second kappa shape index (κ2) is 4.66. The van der Waals surface area contributed by atoms with Gasteiger partial charge >= 0.3 is 0 Å². The van der Waals surface area contributed by atoms with Crippen molar-refractivity contribution in [3.05, 3.63) is 59.2 Å². The summed E-state index contributed by atoms with van der Waals surface area (Å²) in [6, 6.07) is 12.9. The van der Waals surface area contributed by atoms with Gasteiger partial charge in [0.1, 0.15) is 12.4 Å². The average Bonchev–Trinajstić information content (AvgIpc) is 2.98. The monoisotopic (exact) mass is 280 g/mol. The number of Topliss-reactive ketones (excluding diaryl/α,β-unsaturated/α-hetero) is 1. The number of carbonyl (C=O) groups excluding carboxylic acids is 1. The molecule has 0 saturated carbocycles. The standard InChI is InChI=1S/C17H12O4/c18-17-12(9-19-14-4-2-1-3-13(14)17)7-11-5-6-15-16(8-11)21-10-20-15/h1-8H,9-10H2. The van der Waals surface area contributed by atoms with Crippen LogP contribution in [0.25, 0.3) is 6.08 Å². The van der Waals surface area contributed by atoms with Crippen molar-refractivity contribution in [2.45, 2.75) is 0 Å². The molecule has 2 heterocycles. The molecule has 0 atom stereocenters. The predicted octanol–water partition coefficient (Wildman–Crippen LogP) is 3.07. The van der Waals surface area contributed by atoms with Crippen LogP contribution in [0.15, 0.2) is 48.0 Å². The Morgan fingerprint density at radius 2 is 1.76 bits per heavy atom. The summed E-state index contributed by atoms with van der Waals surface area (Å²) in [7, 11) is 0. The topological polar surface area (TPSA) is 44.8 Å². The van der Waals surface area contributed by atoms with Crippen LogP contribution in [0.2, 0.25) is 0 Å². The minimum atomic E-state index is 0.00881. The van der Waals surface area contributed by atoms with Crippen molar-refractivity contribution in [3.8, 4) is 17.2 Å². The van der Waals surface area contributed by atoms with Crippen molar-refractivity contribution in [1.29, 1.82) is 0 Å². The van der Waals surface area contributed by atoms with E-state index >= 15 is 0 Å². The van der Waals surface area contributed by atoms with E-state index in [-0.39, 0.29) is 19.2 Å². The number of benzene rings is 2. The van der Waals surface area contributed by atoms with Gasteiger partial charge < -0.3 is 14.2 Å². The van der Waals surface area contributed by atoms with Gasteiger partial charge in [0.15, 0.2) is 17.3 Å². The Morgan fingerprint density at radius 1 is 0.905 bits per heavy atom. The van der Waals surface area contributed by atoms with Gasteiger partial charge in [0.25, 0.3) is 0 Å². The fourth-order valence-electron chi connectivity index (χ4n) is 2.49. The summed E-state index contributed by atoms with van der Waals surface area (Å²) in [5.41, 5.74) is 2.13. The maximum absolute atomic E-state index is 12.5. The Kier molecular flexibility index (Phi) is 2.67. The maximum atomic E-state index is 12.5. The number of fused-ring (bicyclic) bond motifs is 2. The minimum absolute atomic E-state index is 0.00881. The molecule has 0 amide bonds. The molecule has 2 aliphatic heterocycles. The Bertz CT molecular complexity index is 761. The van der Waals surface area contributed by atoms with Gasteiger partial charge in [-0.3, -0.25) is 4.79 Å². The number of ketones is 1. The second-order valence-electron chi connectivity index (χ2n) is 4.90. The highest BCUT2D eigenvalue weighted by molar-refractivity contribution is 6.14. The largest absolute Gasteiger partial charge is 0.488 e. The van der Waals surface area contributed by atoms with Crippen LogP contribution in [-0.2, 0) is 0 Å². The molecule has 0 saturated heterocycles. The minimum Gasteiger partial charge on any atom is -0.488 e. The lowest BCUT2D eigenvalue weighted by Crippen LogP contribution is -2.18. The number of hydrogen-bond acceptors (Lipinski definition) is 4. The van der Waals surface area contributed by atoms with Gasteiger partial charge in [-0.05, 0) is 35.9 Å². The van der Waals surface area contributed by atoms with E-state index in [9.17, 15) is 4.79 Å². The van der Waals surface area contributed by atoms with E-state index in [1.54, 1.807) is 6.07 Å². The Morgan fingerprint density at radius 3 is 2.71 bits per heavy atom. The van der Waals surface area contributed by atoms with Crippen molar-refractivity contribution < 1.29 is 19.0 Å². The first-order valence-corrected chi connectivity index (χ1v) is 6.68. The predicted molar refractivity (Wildman–Crippen MR) is 76.8 cm³/mol. The second-order valence-corrected chi connectivity index (χ2v) is 4.90. The summed E-state index contributed by atoms with van der Waals surface area (Å²) in [4.78, 5) is 12.5. The molecule has 21 heavy (non-hydrogen) atoms. The summed E-state index contributed by atoms with van der Waals surface area (Å²) in [5.74, 6) is 2.09. The molecular weight excluding hydrogens is 268 g/mol. The van der Waals surface area contributed by atoms with Crippen LogP contribution in [-0.4, -0.2) is 19.2 Å². The molecule has 2 aromatic carbocycles. The number of ether oxygens (including phenoxy) is 3. The van der Waals surface area contributed by atoms with E-state index in [1.807, 2.05) is 42.5 Å². The molecule has 0 N–H and O–H groups in total. The molecule has 0 spiro atoms. The third-order valence-electron chi connectivity index (χ3n) is 3.54. The molecule has 0 radical (unpaired) electrons. The van der Waals surface area contributed by atoms with E-state index in [4.69, 9.17) is 14.2 Å². The van der Waals surface area contributed by atoms with Crippen LogP contribution in [0, 0.1) is 0 Å². The normalized spacial score (nSPS) is 17.5. The first kappa shape index (κ1) is 12.0. The van der Waals surface area contributed by atoms with Crippen LogP contribution >= 0.6 is 0 Å². The SMILES string of the molecule is O=C1C(=Cc2ccc3c(c2)OCO3)COc2ccccc21. The van der Waals surface area contributed by atoms with E-state index in [1.165, 1.54) is 0 Å². The molecular formula is C17H12O4. The highest BCUT2D eigenvalue weighted by Crippen LogP contribution is 2.34. The van der Waals surface area contributed by atoms with Crippen molar-refractivity contribution in [2.24, 2.45) is 0 Å². The first-order chi connectivity index (χ1) is 10.3. The van der Waals surface area contributed by atoms with E-state index in [0.29, 0.717) is 22.6 Å². The average molecular weight is 280 g/mol. The summed E-state index contributed by atoms with van der Waals surface area (Å²) in [6.45, 7) is 0.523. The maximum Gasteiger partial charge on any atom is 0.231 e. The van der Waals surface area contributed by atoms with E-state index < -0.39 is 0 Å². The quantitative estimate of drug-likeness (QED) is 0.753. The van der Waals surface area contributed by atoms with Gasteiger partial charge in [-0.2, -0.15) is 0 Å². The zero-order chi connectivity index (χ0) is 14.2. The zero-order valence-electron chi connectivity index (χ0n) is 11.2. The molecule has 0 bridgehead atoms. The van der Waals surface area contributed by atoms with Gasteiger partial charge in [-0.25, -0.2) is 0 Å². The molecule has 2 aliphatic rings. The summed E-state index contributed by atoms with van der Waals surface area (Å²) >= 11 is 0. The van der Waals surface area contributed by atoms with Gasteiger partial charge in [-0.15, -0.1) is 0 Å². The molecule has 0 aromatic heterocycles. The summed E-state index contributed by atoms with van der Waals surface area (Å²) in [6.07, 6.45) is 1.83. The third kappa shape index (κ3) is 2.05. The van der Waals surface area contributed by atoms with Crippen molar-refractivity contribution in [2.75, 3.05) is 13.4 Å². The van der Waals surface area contributed by atoms with Gasteiger partial charge in [0.2, 0.25) is 6.79 Å². The summed E-state index contributed by atoms with van der Waals surface area (Å²) < 4.78 is 16.2. The molecule has 0 unspecified atom stereocenters. The molecule has 2 aromatic rings. The van der Waals surface area contributed by atoms with Crippen molar-refractivity contribution in [3.63, 3.8) is 0 Å². The number of carbonyl (C=O) groups is 1. The van der Waals surface area contributed by atoms with Crippen LogP contribution < -0.4 is 14.2 Å². The molecule has 0 aliphatic carbocycles. The Hall–Kier alpha value is -2.75. The Labute approximate surface area is 121 Å². The van der Waals surface area contributed by atoms with Crippen molar-refractivity contribution in [1.82, 2.24) is 0 Å². The van der Waals surface area contributed by atoms with E-state index in [0.717, 1.165) is 11.3 Å². The zero-order valence-corrected chi connectivity index (χ0v) is 11.2. The van der Waals surface area contributed by atoms with Crippen molar-refractivity contribution >= 4 is 11.9 Å². The molecule has 4 nitrogen and oxygen atoms in total.